The van der Waals surface area contributed by atoms with Gasteiger partial charge in [-0.05, 0) is 46.7 Å². The number of nitrogens with zero attached hydrogens (tertiary/aromatic N) is 1. The van der Waals surface area contributed by atoms with E-state index in [0.29, 0.717) is 0 Å². The molecule has 0 spiro atoms. The van der Waals surface area contributed by atoms with E-state index in [4.69, 9.17) is 4.74 Å². The number of piperidine rings is 1. The Morgan fingerprint density at radius 2 is 2.24 bits per heavy atom. The van der Waals surface area contributed by atoms with Gasteiger partial charge >= 0.3 is 0 Å². The highest BCUT2D eigenvalue weighted by molar-refractivity contribution is 4.87. The van der Waals surface area contributed by atoms with E-state index in [1.807, 2.05) is 7.05 Å². The SMILES string of the molecule is CNC(C)(CO)CCN1CCCC(C)(OC)C1. The van der Waals surface area contributed by atoms with Crippen LogP contribution in [-0.2, 0) is 4.74 Å². The number of hydrogen-bond acceptors (Lipinski definition) is 4. The third-order valence-corrected chi connectivity index (χ3v) is 4.16. The summed E-state index contributed by atoms with van der Waals surface area (Å²) >= 11 is 0. The number of rotatable bonds is 6. The minimum Gasteiger partial charge on any atom is -0.394 e. The molecular weight excluding hydrogens is 216 g/mol. The van der Waals surface area contributed by atoms with Crippen molar-refractivity contribution in [2.24, 2.45) is 0 Å². The Bertz CT molecular complexity index is 231. The molecule has 0 radical (unpaired) electrons. The fourth-order valence-corrected chi connectivity index (χ4v) is 2.35. The molecule has 0 aromatic rings. The van der Waals surface area contributed by atoms with E-state index in [-0.39, 0.29) is 17.7 Å². The average Bonchev–Trinajstić information content (AvgIpc) is 2.36. The zero-order chi connectivity index (χ0) is 12.9. The predicted molar refractivity (Wildman–Crippen MR) is 70.3 cm³/mol. The van der Waals surface area contributed by atoms with Gasteiger partial charge in [0.25, 0.3) is 0 Å². The number of methoxy groups -OCH3 is 1. The Kier molecular flexibility index (Phi) is 5.38. The molecule has 102 valence electrons. The van der Waals surface area contributed by atoms with Gasteiger partial charge in [0, 0.05) is 25.7 Å². The summed E-state index contributed by atoms with van der Waals surface area (Å²) in [5, 5.41) is 12.6. The van der Waals surface area contributed by atoms with Crippen molar-refractivity contribution in [3.8, 4) is 0 Å². The molecule has 0 aromatic heterocycles. The fourth-order valence-electron chi connectivity index (χ4n) is 2.35. The molecule has 2 N–H and O–H groups in total. The maximum atomic E-state index is 9.36. The van der Waals surface area contributed by atoms with E-state index >= 15 is 0 Å². The third-order valence-electron chi connectivity index (χ3n) is 4.16. The summed E-state index contributed by atoms with van der Waals surface area (Å²) in [7, 11) is 3.71. The van der Waals surface area contributed by atoms with Gasteiger partial charge in [-0.25, -0.2) is 0 Å². The Balaban J connectivity index is 2.42. The van der Waals surface area contributed by atoms with Gasteiger partial charge in [-0.1, -0.05) is 0 Å². The first-order chi connectivity index (χ1) is 7.97. The molecule has 1 rings (SSSR count). The number of aliphatic hydroxyl groups excluding tert-OH is 1. The number of nitrogens with one attached hydrogen (secondary N) is 1. The van der Waals surface area contributed by atoms with Gasteiger partial charge in [-0.2, -0.15) is 0 Å². The molecule has 0 saturated carbocycles. The molecule has 17 heavy (non-hydrogen) atoms. The summed E-state index contributed by atoms with van der Waals surface area (Å²) in [6, 6.07) is 0. The van der Waals surface area contributed by atoms with E-state index < -0.39 is 0 Å². The second kappa shape index (κ2) is 6.14. The first kappa shape index (κ1) is 14.9. The highest BCUT2D eigenvalue weighted by Crippen LogP contribution is 2.24. The second-order valence-electron chi connectivity index (χ2n) is 5.75. The van der Waals surface area contributed by atoms with Crippen LogP contribution in [0, 0.1) is 0 Å². The normalized spacial score (nSPS) is 30.2. The van der Waals surface area contributed by atoms with Crippen molar-refractivity contribution in [1.29, 1.82) is 0 Å². The van der Waals surface area contributed by atoms with Crippen molar-refractivity contribution >= 4 is 0 Å². The minimum atomic E-state index is -0.166. The van der Waals surface area contributed by atoms with Crippen LogP contribution in [0.1, 0.15) is 33.1 Å². The summed E-state index contributed by atoms with van der Waals surface area (Å²) in [6.07, 6.45) is 3.29. The monoisotopic (exact) mass is 244 g/mol. The van der Waals surface area contributed by atoms with Gasteiger partial charge < -0.3 is 20.1 Å². The molecule has 2 atom stereocenters. The van der Waals surface area contributed by atoms with Crippen molar-refractivity contribution in [2.75, 3.05) is 40.4 Å². The quantitative estimate of drug-likeness (QED) is 0.727. The molecule has 0 aromatic carbocycles. The van der Waals surface area contributed by atoms with E-state index in [1.165, 1.54) is 6.42 Å². The Hall–Kier alpha value is -0.160. The van der Waals surface area contributed by atoms with Crippen LogP contribution >= 0.6 is 0 Å². The Labute approximate surface area is 105 Å². The van der Waals surface area contributed by atoms with Crippen LogP contribution in [0.3, 0.4) is 0 Å². The molecule has 4 nitrogen and oxygen atoms in total. The van der Waals surface area contributed by atoms with Gasteiger partial charge in [0.05, 0.1) is 12.2 Å². The zero-order valence-corrected chi connectivity index (χ0v) is 11.8. The first-order valence-electron chi connectivity index (χ1n) is 6.54. The lowest BCUT2D eigenvalue weighted by Gasteiger charge is -2.40. The molecule has 2 unspecified atom stereocenters. The van der Waals surface area contributed by atoms with Crippen LogP contribution in [0.2, 0.25) is 0 Å². The molecule has 1 fully saturated rings. The first-order valence-corrected chi connectivity index (χ1v) is 6.54. The van der Waals surface area contributed by atoms with Crippen LogP contribution in [0.25, 0.3) is 0 Å². The van der Waals surface area contributed by atoms with E-state index in [9.17, 15) is 5.11 Å². The summed E-state index contributed by atoms with van der Waals surface area (Å²) in [6.45, 7) is 7.57. The number of likely N-dealkylation sites (tertiary alicyclic amines) is 1. The smallest absolute Gasteiger partial charge is 0.0777 e. The van der Waals surface area contributed by atoms with Crippen molar-refractivity contribution in [2.45, 2.75) is 44.2 Å². The number of aliphatic hydroxyl groups is 1. The van der Waals surface area contributed by atoms with Crippen LogP contribution in [-0.4, -0.2) is 61.5 Å². The number of ether oxygens (including phenoxy) is 1. The zero-order valence-electron chi connectivity index (χ0n) is 11.8. The molecule has 4 heteroatoms. The third kappa shape index (κ3) is 4.21. The maximum Gasteiger partial charge on any atom is 0.0777 e. The van der Waals surface area contributed by atoms with E-state index in [1.54, 1.807) is 7.11 Å². The molecule has 0 bridgehead atoms. The van der Waals surface area contributed by atoms with Crippen LogP contribution < -0.4 is 5.32 Å². The summed E-state index contributed by atoms with van der Waals surface area (Å²) < 4.78 is 5.59. The van der Waals surface area contributed by atoms with Gasteiger partial charge in [-0.3, -0.25) is 0 Å². The number of likely N-dealkylation sites (N-methyl/N-ethyl adjacent to an activating group) is 1. The van der Waals surface area contributed by atoms with Crippen molar-refractivity contribution < 1.29 is 9.84 Å². The largest absolute Gasteiger partial charge is 0.394 e. The summed E-state index contributed by atoms with van der Waals surface area (Å²) in [4.78, 5) is 2.44. The lowest BCUT2D eigenvalue weighted by Crippen LogP contribution is -2.51. The van der Waals surface area contributed by atoms with Crippen molar-refractivity contribution in [3.63, 3.8) is 0 Å². The van der Waals surface area contributed by atoms with Crippen molar-refractivity contribution in [3.05, 3.63) is 0 Å². The number of hydrogen-bond donors (Lipinski definition) is 2. The van der Waals surface area contributed by atoms with Gasteiger partial charge in [0.15, 0.2) is 0 Å². The van der Waals surface area contributed by atoms with Gasteiger partial charge in [0.2, 0.25) is 0 Å². The van der Waals surface area contributed by atoms with Crippen LogP contribution in [0.15, 0.2) is 0 Å². The molecule has 1 heterocycles. The predicted octanol–water partition coefficient (Wildman–Crippen LogP) is 0.848. The van der Waals surface area contributed by atoms with E-state index in [0.717, 1.165) is 32.5 Å². The Morgan fingerprint density at radius 3 is 2.76 bits per heavy atom. The summed E-state index contributed by atoms with van der Waals surface area (Å²) in [5.41, 5.74) is -0.158. The minimum absolute atomic E-state index is 0.00745. The fraction of sp³-hybridized carbons (Fsp3) is 1.00. The Morgan fingerprint density at radius 1 is 1.53 bits per heavy atom. The molecule has 0 aliphatic carbocycles. The molecule has 1 aliphatic heterocycles. The second-order valence-corrected chi connectivity index (χ2v) is 5.75. The van der Waals surface area contributed by atoms with Gasteiger partial charge in [0.1, 0.15) is 0 Å². The van der Waals surface area contributed by atoms with Gasteiger partial charge in [-0.15, -0.1) is 0 Å². The standard InChI is InChI=1S/C13H28N2O2/c1-12(11-16,14-3)7-9-15-8-5-6-13(2,10-15)17-4/h14,16H,5-11H2,1-4H3. The molecule has 1 aliphatic rings. The van der Waals surface area contributed by atoms with E-state index in [2.05, 4.69) is 24.1 Å². The molecular formula is C13H28N2O2. The highest BCUT2D eigenvalue weighted by Gasteiger charge is 2.31. The molecule has 1 saturated heterocycles. The lowest BCUT2D eigenvalue weighted by molar-refractivity contribution is -0.0524. The van der Waals surface area contributed by atoms with Crippen LogP contribution in [0.4, 0.5) is 0 Å². The average molecular weight is 244 g/mol. The topological polar surface area (TPSA) is 44.7 Å². The summed E-state index contributed by atoms with van der Waals surface area (Å²) in [5.74, 6) is 0. The van der Waals surface area contributed by atoms with Crippen molar-refractivity contribution in [1.82, 2.24) is 10.2 Å². The maximum absolute atomic E-state index is 9.36. The molecule has 0 amide bonds. The lowest BCUT2D eigenvalue weighted by atomic mass is 9.93. The van der Waals surface area contributed by atoms with Crippen LogP contribution in [0.5, 0.6) is 0 Å². The highest BCUT2D eigenvalue weighted by atomic mass is 16.5.